The van der Waals surface area contributed by atoms with Gasteiger partial charge in [0.1, 0.15) is 0 Å². The molecule has 0 atom stereocenters. The molecule has 0 amide bonds. The van der Waals surface area contributed by atoms with E-state index in [0.717, 1.165) is 29.5 Å². The van der Waals surface area contributed by atoms with E-state index in [1.54, 1.807) is 30.0 Å². The number of pyridine rings is 1. The van der Waals surface area contributed by atoms with Crippen LogP contribution < -0.4 is 5.56 Å². The summed E-state index contributed by atoms with van der Waals surface area (Å²) in [6.07, 6.45) is 5.39. The van der Waals surface area contributed by atoms with E-state index in [9.17, 15) is 4.79 Å². The Morgan fingerprint density at radius 2 is 2.24 bits per heavy atom. The predicted molar refractivity (Wildman–Crippen MR) is 71.4 cm³/mol. The molecule has 3 nitrogen and oxygen atoms in total. The van der Waals surface area contributed by atoms with Gasteiger partial charge in [0.25, 0.3) is 5.56 Å². The fourth-order valence-corrected chi connectivity index (χ4v) is 2.01. The molecule has 0 radical (unpaired) electrons. The Bertz CT molecular complexity index is 562. The topological polar surface area (TPSA) is 34.4 Å². The van der Waals surface area contributed by atoms with E-state index in [-0.39, 0.29) is 11.1 Å². The molecule has 17 heavy (non-hydrogen) atoms. The van der Waals surface area contributed by atoms with Gasteiger partial charge in [0.15, 0.2) is 0 Å². The highest BCUT2D eigenvalue weighted by Gasteiger charge is 2.45. The van der Waals surface area contributed by atoms with Crippen LogP contribution in [-0.2, 0) is 12.6 Å². The van der Waals surface area contributed by atoms with Gasteiger partial charge in [-0.15, -0.1) is 0 Å². The first kappa shape index (κ1) is 11.6. The van der Waals surface area contributed by atoms with E-state index in [0.29, 0.717) is 0 Å². The fraction of sp³-hybridized carbons (Fsp3) is 0.286. The van der Waals surface area contributed by atoms with Crippen molar-refractivity contribution in [2.45, 2.75) is 18.4 Å². The minimum atomic E-state index is -0.269. The van der Waals surface area contributed by atoms with Gasteiger partial charge in [0.05, 0.1) is 5.54 Å². The first-order valence-electron chi connectivity index (χ1n) is 5.55. The van der Waals surface area contributed by atoms with Crippen molar-refractivity contribution in [2.75, 3.05) is 0 Å². The maximum atomic E-state index is 11.7. The number of rotatable bonds is 4. The third kappa shape index (κ3) is 1.78. The van der Waals surface area contributed by atoms with Crippen LogP contribution >= 0.6 is 0 Å². The number of aromatic nitrogens is 1. The summed E-state index contributed by atoms with van der Waals surface area (Å²) in [6.45, 7) is 11.3. The molecular formula is C14H16N2O. The van der Waals surface area contributed by atoms with Gasteiger partial charge in [-0.2, -0.15) is 0 Å². The van der Waals surface area contributed by atoms with E-state index < -0.39 is 0 Å². The van der Waals surface area contributed by atoms with Crippen LogP contribution in [0.25, 0.3) is 5.57 Å². The summed E-state index contributed by atoms with van der Waals surface area (Å²) in [5.74, 6) is 0. The van der Waals surface area contributed by atoms with Gasteiger partial charge in [0.2, 0.25) is 0 Å². The zero-order valence-electron chi connectivity index (χ0n) is 10.1. The molecule has 1 heterocycles. The molecular weight excluding hydrogens is 212 g/mol. The summed E-state index contributed by atoms with van der Waals surface area (Å²) in [5, 5.41) is 0. The number of hydrogen-bond acceptors (Lipinski definition) is 2. The SMILES string of the molecule is C=CC(=C)c1cn(C)c(=O)cc1C1(N=C)CC1. The highest BCUT2D eigenvalue weighted by atomic mass is 16.1. The second kappa shape index (κ2) is 3.84. The average Bonchev–Trinajstić information content (AvgIpc) is 3.12. The molecule has 0 aliphatic heterocycles. The first-order chi connectivity index (χ1) is 8.04. The monoisotopic (exact) mass is 228 g/mol. The van der Waals surface area contributed by atoms with Crippen molar-refractivity contribution in [1.82, 2.24) is 4.57 Å². The van der Waals surface area contributed by atoms with Crippen LogP contribution in [0.1, 0.15) is 24.0 Å². The third-order valence-corrected chi connectivity index (χ3v) is 3.35. The molecule has 1 aliphatic carbocycles. The minimum Gasteiger partial charge on any atom is -0.318 e. The van der Waals surface area contributed by atoms with Crippen LogP contribution in [0.3, 0.4) is 0 Å². The predicted octanol–water partition coefficient (Wildman–Crippen LogP) is 2.27. The quantitative estimate of drug-likeness (QED) is 0.575. The molecule has 0 unspecified atom stereocenters. The van der Waals surface area contributed by atoms with Crippen molar-refractivity contribution in [3.05, 3.63) is 53.0 Å². The van der Waals surface area contributed by atoms with Gasteiger partial charge < -0.3 is 4.57 Å². The molecule has 2 rings (SSSR count). The van der Waals surface area contributed by atoms with E-state index in [2.05, 4.69) is 24.9 Å². The lowest BCUT2D eigenvalue weighted by molar-refractivity contribution is 0.730. The Hall–Kier alpha value is -1.90. The van der Waals surface area contributed by atoms with Crippen LogP contribution in [0.2, 0.25) is 0 Å². The maximum Gasteiger partial charge on any atom is 0.250 e. The molecule has 0 bridgehead atoms. The molecule has 0 saturated heterocycles. The summed E-state index contributed by atoms with van der Waals surface area (Å²) < 4.78 is 1.55. The van der Waals surface area contributed by atoms with E-state index in [1.165, 1.54) is 0 Å². The highest BCUT2D eigenvalue weighted by molar-refractivity contribution is 5.74. The lowest BCUT2D eigenvalue weighted by atomic mass is 9.96. The Balaban J connectivity index is 2.68. The standard InChI is InChI=1S/C14H16N2O/c1-5-10(2)11-9-16(4)13(17)8-12(11)14(15-3)6-7-14/h5,8-9H,1-3,6-7H2,4H3. The van der Waals surface area contributed by atoms with Crippen molar-refractivity contribution in [2.24, 2.45) is 12.0 Å². The fourth-order valence-electron chi connectivity index (χ4n) is 2.01. The molecule has 1 fully saturated rings. The van der Waals surface area contributed by atoms with Crippen LogP contribution in [0.5, 0.6) is 0 Å². The maximum absolute atomic E-state index is 11.7. The van der Waals surface area contributed by atoms with Crippen molar-refractivity contribution < 1.29 is 0 Å². The van der Waals surface area contributed by atoms with Gasteiger partial charge in [-0.25, -0.2) is 0 Å². The molecule has 0 N–H and O–H groups in total. The van der Waals surface area contributed by atoms with Crippen molar-refractivity contribution in [1.29, 1.82) is 0 Å². The van der Waals surface area contributed by atoms with E-state index in [1.807, 2.05) is 0 Å². The molecule has 0 spiro atoms. The smallest absolute Gasteiger partial charge is 0.250 e. The van der Waals surface area contributed by atoms with Gasteiger partial charge in [-0.1, -0.05) is 19.2 Å². The average molecular weight is 228 g/mol. The van der Waals surface area contributed by atoms with Crippen LogP contribution in [0.4, 0.5) is 0 Å². The first-order valence-corrected chi connectivity index (χ1v) is 5.55. The molecule has 3 heteroatoms. The second-order valence-electron chi connectivity index (χ2n) is 4.47. The lowest BCUT2D eigenvalue weighted by Gasteiger charge is -2.16. The van der Waals surface area contributed by atoms with Crippen molar-refractivity contribution >= 4 is 12.3 Å². The summed E-state index contributed by atoms with van der Waals surface area (Å²) in [4.78, 5) is 15.9. The Morgan fingerprint density at radius 3 is 2.71 bits per heavy atom. The summed E-state index contributed by atoms with van der Waals surface area (Å²) in [5.41, 5.74) is 2.38. The highest BCUT2D eigenvalue weighted by Crippen LogP contribution is 2.50. The number of hydrogen-bond donors (Lipinski definition) is 0. The Morgan fingerprint density at radius 1 is 1.59 bits per heavy atom. The largest absolute Gasteiger partial charge is 0.318 e. The van der Waals surface area contributed by atoms with Crippen molar-refractivity contribution in [3.63, 3.8) is 0 Å². The molecule has 1 aromatic rings. The Kier molecular flexibility index (Phi) is 2.62. The third-order valence-electron chi connectivity index (χ3n) is 3.35. The van der Waals surface area contributed by atoms with E-state index >= 15 is 0 Å². The number of aryl methyl sites for hydroxylation is 1. The zero-order valence-corrected chi connectivity index (χ0v) is 10.1. The number of aliphatic imine (C=N–C) groups is 1. The van der Waals surface area contributed by atoms with Crippen molar-refractivity contribution in [3.8, 4) is 0 Å². The molecule has 1 saturated carbocycles. The van der Waals surface area contributed by atoms with Gasteiger partial charge in [-0.05, 0) is 30.7 Å². The van der Waals surface area contributed by atoms with Gasteiger partial charge >= 0.3 is 0 Å². The summed E-state index contributed by atoms with van der Waals surface area (Å²) in [6, 6.07) is 1.64. The van der Waals surface area contributed by atoms with Crippen LogP contribution in [0.15, 0.2) is 41.3 Å². The Labute approximate surface area is 101 Å². The number of allylic oxidation sites excluding steroid dienone is 2. The molecule has 1 aromatic heterocycles. The van der Waals surface area contributed by atoms with Gasteiger partial charge in [-0.3, -0.25) is 9.79 Å². The lowest BCUT2D eigenvalue weighted by Crippen LogP contribution is -2.20. The summed E-state index contributed by atoms with van der Waals surface area (Å²) >= 11 is 0. The van der Waals surface area contributed by atoms with Crippen LogP contribution in [-0.4, -0.2) is 11.3 Å². The number of nitrogens with zero attached hydrogens (tertiary/aromatic N) is 2. The molecule has 0 aromatic carbocycles. The van der Waals surface area contributed by atoms with Crippen LogP contribution in [0, 0.1) is 0 Å². The zero-order chi connectivity index (χ0) is 12.6. The summed E-state index contributed by atoms with van der Waals surface area (Å²) in [7, 11) is 1.73. The molecule has 88 valence electrons. The van der Waals surface area contributed by atoms with E-state index in [4.69, 9.17) is 0 Å². The normalized spacial score (nSPS) is 16.3. The molecule has 1 aliphatic rings. The minimum absolute atomic E-state index is 0.0319. The van der Waals surface area contributed by atoms with Gasteiger partial charge in [0, 0.05) is 24.9 Å². The second-order valence-corrected chi connectivity index (χ2v) is 4.47.